The van der Waals surface area contributed by atoms with E-state index in [9.17, 15) is 4.39 Å². The fourth-order valence-corrected chi connectivity index (χ4v) is 2.19. The van der Waals surface area contributed by atoms with E-state index < -0.39 is 5.97 Å². The van der Waals surface area contributed by atoms with E-state index in [0.717, 1.165) is 16.9 Å². The highest BCUT2D eigenvalue weighted by Crippen LogP contribution is 2.14. The van der Waals surface area contributed by atoms with Gasteiger partial charge in [0.25, 0.3) is 0 Å². The van der Waals surface area contributed by atoms with Gasteiger partial charge in [-0.2, -0.15) is 4.39 Å². The minimum absolute atomic E-state index is 0.223. The van der Waals surface area contributed by atoms with Gasteiger partial charge >= 0.3 is 0 Å². The molecule has 0 amide bonds. The lowest BCUT2D eigenvalue weighted by atomic mass is 10.4. The van der Waals surface area contributed by atoms with E-state index in [-0.39, 0.29) is 6.54 Å². The number of rotatable bonds is 4. The van der Waals surface area contributed by atoms with Crippen molar-refractivity contribution in [3.63, 3.8) is 0 Å². The Balaban J connectivity index is 1.91. The average Bonchev–Trinajstić information content (AvgIpc) is 3.03. The van der Waals surface area contributed by atoms with Crippen LogP contribution in [0.2, 0.25) is 0 Å². The summed E-state index contributed by atoms with van der Waals surface area (Å²) in [4.78, 5) is 16.7. The monoisotopic (exact) mass is 286 g/mol. The molecule has 3 aromatic rings. The molecule has 108 valence electrons. The molecule has 7 heteroatoms. The van der Waals surface area contributed by atoms with Crippen LogP contribution < -0.4 is 0 Å². The molecule has 0 aliphatic rings. The van der Waals surface area contributed by atoms with Crippen molar-refractivity contribution in [1.29, 1.82) is 0 Å². The van der Waals surface area contributed by atoms with Crippen molar-refractivity contribution in [3.05, 3.63) is 42.5 Å². The van der Waals surface area contributed by atoms with Crippen molar-refractivity contribution in [2.75, 3.05) is 0 Å². The number of aryl methyl sites for hydroxylation is 1. The van der Waals surface area contributed by atoms with Gasteiger partial charge in [0.05, 0.1) is 30.3 Å². The van der Waals surface area contributed by atoms with E-state index in [0.29, 0.717) is 12.4 Å². The Hall–Kier alpha value is -2.57. The summed E-state index contributed by atoms with van der Waals surface area (Å²) in [7, 11) is 1.95. The third-order valence-corrected chi connectivity index (χ3v) is 3.33. The molecule has 0 fully saturated rings. The minimum Gasteiger partial charge on any atom is -0.328 e. The number of halogens is 1. The third kappa shape index (κ3) is 2.67. The molecule has 0 aliphatic carbocycles. The van der Waals surface area contributed by atoms with Crippen molar-refractivity contribution in [2.45, 2.75) is 20.0 Å². The zero-order valence-corrected chi connectivity index (χ0v) is 11.9. The molecule has 0 unspecified atom stereocenters. The number of aromatic nitrogens is 5. The topological polar surface area (TPSA) is 60.9 Å². The Morgan fingerprint density at radius 3 is 2.95 bits per heavy atom. The first kappa shape index (κ1) is 13.4. The molecule has 6 nitrogen and oxygen atoms in total. The number of fused-ring (bicyclic) bond motifs is 1. The molecule has 0 saturated heterocycles. The maximum Gasteiger partial charge on any atom is 0.181 e. The van der Waals surface area contributed by atoms with Crippen molar-refractivity contribution >= 4 is 17.0 Å². The number of pyridine rings is 1. The highest BCUT2D eigenvalue weighted by molar-refractivity contribution is 5.74. The first-order valence-electron chi connectivity index (χ1n) is 6.57. The summed E-state index contributed by atoms with van der Waals surface area (Å²) < 4.78 is 16.7. The van der Waals surface area contributed by atoms with Crippen LogP contribution in [-0.2, 0) is 20.1 Å². The standard InChI is InChI=1S/C14H15FN6/c1-10(15)18-8-13-17-5-6-21(13)9-14-19-11-3-4-16-7-12(11)20(14)2/h3-7H,8-9H2,1-2H3. The largest absolute Gasteiger partial charge is 0.328 e. The van der Waals surface area contributed by atoms with E-state index >= 15 is 0 Å². The predicted octanol–water partition coefficient (Wildman–Crippen LogP) is 2.10. The molecule has 0 aliphatic heterocycles. The van der Waals surface area contributed by atoms with Gasteiger partial charge in [-0.1, -0.05) is 0 Å². The second-order valence-corrected chi connectivity index (χ2v) is 4.74. The maximum absolute atomic E-state index is 12.7. The van der Waals surface area contributed by atoms with E-state index in [1.165, 1.54) is 6.92 Å². The Labute approximate surface area is 121 Å². The van der Waals surface area contributed by atoms with Crippen LogP contribution in [0.3, 0.4) is 0 Å². The third-order valence-electron chi connectivity index (χ3n) is 3.33. The summed E-state index contributed by atoms with van der Waals surface area (Å²) in [6, 6.07) is 1.88. The van der Waals surface area contributed by atoms with Crippen LogP contribution in [-0.4, -0.2) is 30.1 Å². The Morgan fingerprint density at radius 2 is 2.19 bits per heavy atom. The van der Waals surface area contributed by atoms with E-state index in [1.807, 2.05) is 28.4 Å². The van der Waals surface area contributed by atoms with Gasteiger partial charge in [0.2, 0.25) is 0 Å². The molecule has 0 saturated carbocycles. The van der Waals surface area contributed by atoms with Gasteiger partial charge in [-0.25, -0.2) is 9.97 Å². The van der Waals surface area contributed by atoms with Gasteiger partial charge in [0, 0.05) is 32.6 Å². The number of nitrogens with zero attached hydrogens (tertiary/aromatic N) is 6. The summed E-state index contributed by atoms with van der Waals surface area (Å²) in [6.45, 7) is 2.11. The molecule has 3 heterocycles. The Morgan fingerprint density at radius 1 is 1.33 bits per heavy atom. The second-order valence-electron chi connectivity index (χ2n) is 4.74. The molecule has 0 N–H and O–H groups in total. The average molecular weight is 286 g/mol. The molecule has 0 radical (unpaired) electrons. The van der Waals surface area contributed by atoms with Gasteiger partial charge in [-0.15, -0.1) is 0 Å². The lowest BCUT2D eigenvalue weighted by Gasteiger charge is -2.06. The summed E-state index contributed by atoms with van der Waals surface area (Å²) in [6.07, 6.45) is 7.04. The van der Waals surface area contributed by atoms with Crippen LogP contribution in [0.15, 0.2) is 35.8 Å². The fraction of sp³-hybridized carbons (Fsp3) is 0.286. The number of hydrogen-bond donors (Lipinski definition) is 0. The van der Waals surface area contributed by atoms with Gasteiger partial charge < -0.3 is 9.13 Å². The number of imidazole rings is 2. The lowest BCUT2D eigenvalue weighted by molar-refractivity contribution is 0.664. The van der Waals surface area contributed by atoms with E-state index in [4.69, 9.17) is 0 Å². The SMILES string of the molecule is CC(F)=NCc1nccn1Cc1nc2ccncc2n1C. The molecule has 0 atom stereocenters. The fourth-order valence-electron chi connectivity index (χ4n) is 2.19. The summed E-state index contributed by atoms with van der Waals surface area (Å²) >= 11 is 0. The molecular weight excluding hydrogens is 271 g/mol. The predicted molar refractivity (Wildman–Crippen MR) is 77.8 cm³/mol. The summed E-state index contributed by atoms with van der Waals surface area (Å²) in [5.41, 5.74) is 1.88. The van der Waals surface area contributed by atoms with Crippen molar-refractivity contribution in [1.82, 2.24) is 24.1 Å². The Bertz CT molecular complexity index is 797. The Kier molecular flexibility index (Phi) is 3.47. The van der Waals surface area contributed by atoms with Crippen LogP contribution in [0.4, 0.5) is 4.39 Å². The van der Waals surface area contributed by atoms with Gasteiger partial charge in [-0.05, 0) is 6.07 Å². The second kappa shape index (κ2) is 5.43. The van der Waals surface area contributed by atoms with Crippen molar-refractivity contribution in [2.24, 2.45) is 12.0 Å². The summed E-state index contributed by atoms with van der Waals surface area (Å²) in [5, 5.41) is 0. The summed E-state index contributed by atoms with van der Waals surface area (Å²) in [5.74, 6) is 1.15. The van der Waals surface area contributed by atoms with Gasteiger partial charge in [0.15, 0.2) is 5.97 Å². The first-order valence-corrected chi connectivity index (χ1v) is 6.57. The van der Waals surface area contributed by atoms with Gasteiger partial charge in [-0.3, -0.25) is 9.98 Å². The zero-order chi connectivity index (χ0) is 14.8. The molecule has 3 rings (SSSR count). The zero-order valence-electron chi connectivity index (χ0n) is 11.9. The quantitative estimate of drug-likeness (QED) is 0.690. The normalized spacial score (nSPS) is 12.2. The highest BCUT2D eigenvalue weighted by atomic mass is 19.1. The maximum atomic E-state index is 12.7. The molecule has 0 aromatic carbocycles. The van der Waals surface area contributed by atoms with Crippen LogP contribution in [0.5, 0.6) is 0 Å². The van der Waals surface area contributed by atoms with Crippen molar-refractivity contribution in [3.8, 4) is 0 Å². The highest BCUT2D eigenvalue weighted by Gasteiger charge is 2.10. The van der Waals surface area contributed by atoms with E-state index in [2.05, 4.69) is 19.9 Å². The van der Waals surface area contributed by atoms with Crippen LogP contribution >= 0.6 is 0 Å². The number of hydrogen-bond acceptors (Lipinski definition) is 4. The molecular formula is C14H15FN6. The van der Waals surface area contributed by atoms with Crippen LogP contribution in [0.1, 0.15) is 18.6 Å². The molecule has 21 heavy (non-hydrogen) atoms. The van der Waals surface area contributed by atoms with Crippen LogP contribution in [0.25, 0.3) is 11.0 Å². The smallest absolute Gasteiger partial charge is 0.181 e. The molecule has 0 bridgehead atoms. The minimum atomic E-state index is -0.446. The molecule has 3 aromatic heterocycles. The first-order chi connectivity index (χ1) is 10.1. The van der Waals surface area contributed by atoms with Crippen LogP contribution in [0, 0.1) is 0 Å². The lowest BCUT2D eigenvalue weighted by Crippen LogP contribution is -2.08. The number of aliphatic imine (C=N–C) groups is 1. The van der Waals surface area contributed by atoms with E-state index in [1.54, 1.807) is 18.6 Å². The molecule has 0 spiro atoms. The van der Waals surface area contributed by atoms with Gasteiger partial charge in [0.1, 0.15) is 11.6 Å². The van der Waals surface area contributed by atoms with Crippen molar-refractivity contribution < 1.29 is 4.39 Å².